The van der Waals surface area contributed by atoms with E-state index >= 15 is 0 Å². The molecule has 1 rings (SSSR count). The van der Waals surface area contributed by atoms with Gasteiger partial charge in [-0.15, -0.1) is 0 Å². The monoisotopic (exact) mass is 193 g/mol. The molecule has 0 aromatic heterocycles. The van der Waals surface area contributed by atoms with Gasteiger partial charge in [0.2, 0.25) is 0 Å². The minimum absolute atomic E-state index is 0.237. The molecule has 2 nitrogen and oxygen atoms in total. The Balaban J connectivity index is 2.23. The molecular weight excluding hydrogens is 176 g/mol. The molecule has 0 radical (unpaired) electrons. The largest absolute Gasteiger partial charge is 0.369 e. The molecule has 0 saturated heterocycles. The first-order valence-corrected chi connectivity index (χ1v) is 4.75. The van der Waals surface area contributed by atoms with Crippen molar-refractivity contribution in [3.8, 4) is 0 Å². The molecule has 0 aromatic carbocycles. The number of hydrogen-bond donors (Lipinski definition) is 1. The molecule has 1 aliphatic carbocycles. The SMILES string of the molecule is CNCCC1(OCC(F)F)CCC1. The van der Waals surface area contributed by atoms with Gasteiger partial charge in [-0.1, -0.05) is 0 Å². The van der Waals surface area contributed by atoms with Crippen LogP contribution in [0.2, 0.25) is 0 Å². The third-order valence-corrected chi connectivity index (χ3v) is 2.61. The minimum Gasteiger partial charge on any atom is -0.369 e. The molecule has 0 atom stereocenters. The van der Waals surface area contributed by atoms with Crippen molar-refractivity contribution < 1.29 is 13.5 Å². The average molecular weight is 193 g/mol. The van der Waals surface area contributed by atoms with Gasteiger partial charge in [-0.25, -0.2) is 8.78 Å². The number of nitrogens with one attached hydrogen (secondary N) is 1. The summed E-state index contributed by atoms with van der Waals surface area (Å²) in [7, 11) is 1.86. The first-order valence-electron chi connectivity index (χ1n) is 4.75. The second kappa shape index (κ2) is 4.86. The molecule has 0 aromatic rings. The van der Waals surface area contributed by atoms with Crippen LogP contribution in [-0.4, -0.2) is 32.2 Å². The van der Waals surface area contributed by atoms with E-state index in [1.165, 1.54) is 0 Å². The van der Waals surface area contributed by atoms with E-state index in [0.717, 1.165) is 32.2 Å². The summed E-state index contributed by atoms with van der Waals surface area (Å²) in [5.41, 5.74) is -0.237. The Morgan fingerprint density at radius 1 is 1.46 bits per heavy atom. The van der Waals surface area contributed by atoms with Gasteiger partial charge < -0.3 is 10.1 Å². The number of rotatable bonds is 6. The molecule has 13 heavy (non-hydrogen) atoms. The molecule has 1 N–H and O–H groups in total. The first-order chi connectivity index (χ1) is 6.18. The molecule has 0 bridgehead atoms. The molecule has 0 aliphatic heterocycles. The zero-order chi connectivity index (χ0) is 9.73. The summed E-state index contributed by atoms with van der Waals surface area (Å²) >= 11 is 0. The van der Waals surface area contributed by atoms with Crippen molar-refractivity contribution in [2.24, 2.45) is 0 Å². The molecule has 0 amide bonds. The number of ether oxygens (including phenoxy) is 1. The lowest BCUT2D eigenvalue weighted by Gasteiger charge is -2.41. The van der Waals surface area contributed by atoms with E-state index < -0.39 is 13.0 Å². The molecule has 1 fully saturated rings. The molecular formula is C9H17F2NO. The lowest BCUT2D eigenvalue weighted by molar-refractivity contribution is -0.133. The van der Waals surface area contributed by atoms with Crippen LogP contribution in [-0.2, 0) is 4.74 Å². The van der Waals surface area contributed by atoms with Gasteiger partial charge in [-0.2, -0.15) is 0 Å². The Morgan fingerprint density at radius 2 is 2.15 bits per heavy atom. The van der Waals surface area contributed by atoms with Crippen molar-refractivity contribution in [1.29, 1.82) is 0 Å². The van der Waals surface area contributed by atoms with Crippen LogP contribution >= 0.6 is 0 Å². The summed E-state index contributed by atoms with van der Waals surface area (Å²) in [6.07, 6.45) is 1.47. The Kier molecular flexibility index (Phi) is 4.06. The quantitative estimate of drug-likeness (QED) is 0.694. The van der Waals surface area contributed by atoms with E-state index in [0.29, 0.717) is 0 Å². The lowest BCUT2D eigenvalue weighted by atomic mass is 9.77. The highest BCUT2D eigenvalue weighted by Gasteiger charge is 2.37. The van der Waals surface area contributed by atoms with Crippen molar-refractivity contribution in [1.82, 2.24) is 5.32 Å². The average Bonchev–Trinajstić information content (AvgIpc) is 2.02. The van der Waals surface area contributed by atoms with Crippen molar-refractivity contribution in [3.05, 3.63) is 0 Å². The minimum atomic E-state index is -2.34. The van der Waals surface area contributed by atoms with Gasteiger partial charge in [0, 0.05) is 0 Å². The van der Waals surface area contributed by atoms with Crippen LogP contribution in [0.3, 0.4) is 0 Å². The summed E-state index contributed by atoms with van der Waals surface area (Å²) in [5.74, 6) is 0. The standard InChI is InChI=1S/C9H17F2NO/c1-12-6-5-9(3-2-4-9)13-7-8(10)11/h8,12H,2-7H2,1H3. The molecule has 0 spiro atoms. The van der Waals surface area contributed by atoms with Gasteiger partial charge in [0.1, 0.15) is 6.61 Å². The molecule has 0 unspecified atom stereocenters. The van der Waals surface area contributed by atoms with E-state index in [2.05, 4.69) is 5.32 Å². The number of hydrogen-bond acceptors (Lipinski definition) is 2. The summed E-state index contributed by atoms with van der Waals surface area (Å²) in [6, 6.07) is 0. The van der Waals surface area contributed by atoms with Crippen LogP contribution in [0.5, 0.6) is 0 Å². The van der Waals surface area contributed by atoms with Crippen molar-refractivity contribution in [3.63, 3.8) is 0 Å². The molecule has 1 aliphatic rings. The van der Waals surface area contributed by atoms with Crippen LogP contribution in [0.15, 0.2) is 0 Å². The van der Waals surface area contributed by atoms with Gasteiger partial charge >= 0.3 is 0 Å². The van der Waals surface area contributed by atoms with Gasteiger partial charge in [0.15, 0.2) is 0 Å². The van der Waals surface area contributed by atoms with Gasteiger partial charge in [0.05, 0.1) is 5.60 Å². The van der Waals surface area contributed by atoms with E-state index in [-0.39, 0.29) is 5.60 Å². The Labute approximate surface area is 77.6 Å². The first kappa shape index (κ1) is 10.9. The predicted octanol–water partition coefficient (Wildman–Crippen LogP) is 1.80. The highest BCUT2D eigenvalue weighted by atomic mass is 19.3. The maximum atomic E-state index is 11.9. The Bertz CT molecular complexity index is 149. The Hall–Kier alpha value is -0.220. The van der Waals surface area contributed by atoms with Crippen LogP contribution < -0.4 is 5.32 Å². The van der Waals surface area contributed by atoms with Crippen LogP contribution in [0.1, 0.15) is 25.7 Å². The lowest BCUT2D eigenvalue weighted by Crippen LogP contribution is -2.43. The third-order valence-electron chi connectivity index (χ3n) is 2.61. The number of alkyl halides is 2. The van der Waals surface area contributed by atoms with Gasteiger partial charge in [0.25, 0.3) is 6.43 Å². The van der Waals surface area contributed by atoms with Gasteiger partial charge in [-0.05, 0) is 39.3 Å². The highest BCUT2D eigenvalue weighted by Crippen LogP contribution is 2.38. The van der Waals surface area contributed by atoms with Crippen LogP contribution in [0, 0.1) is 0 Å². The smallest absolute Gasteiger partial charge is 0.261 e. The van der Waals surface area contributed by atoms with Crippen LogP contribution in [0.25, 0.3) is 0 Å². The summed E-state index contributed by atoms with van der Waals surface area (Å²) in [4.78, 5) is 0. The maximum absolute atomic E-state index is 11.9. The summed E-state index contributed by atoms with van der Waals surface area (Å²) < 4.78 is 29.1. The second-order valence-corrected chi connectivity index (χ2v) is 3.59. The van der Waals surface area contributed by atoms with Crippen molar-refractivity contribution in [2.75, 3.05) is 20.2 Å². The van der Waals surface area contributed by atoms with E-state index in [4.69, 9.17) is 4.74 Å². The summed E-state index contributed by atoms with van der Waals surface area (Å²) in [5, 5.41) is 3.01. The fourth-order valence-corrected chi connectivity index (χ4v) is 1.63. The van der Waals surface area contributed by atoms with Gasteiger partial charge in [-0.3, -0.25) is 0 Å². The predicted molar refractivity (Wildman–Crippen MR) is 47.1 cm³/mol. The fourth-order valence-electron chi connectivity index (χ4n) is 1.63. The van der Waals surface area contributed by atoms with E-state index in [1.54, 1.807) is 0 Å². The zero-order valence-electron chi connectivity index (χ0n) is 7.98. The highest BCUT2D eigenvalue weighted by molar-refractivity contribution is 4.90. The third kappa shape index (κ3) is 3.19. The van der Waals surface area contributed by atoms with Crippen LogP contribution in [0.4, 0.5) is 8.78 Å². The number of halogens is 2. The van der Waals surface area contributed by atoms with Crippen molar-refractivity contribution >= 4 is 0 Å². The molecule has 1 saturated carbocycles. The molecule has 4 heteroatoms. The van der Waals surface area contributed by atoms with E-state index in [1.807, 2.05) is 7.05 Å². The van der Waals surface area contributed by atoms with Crippen molar-refractivity contribution in [2.45, 2.75) is 37.7 Å². The Morgan fingerprint density at radius 3 is 2.54 bits per heavy atom. The zero-order valence-corrected chi connectivity index (χ0v) is 7.98. The molecule has 78 valence electrons. The van der Waals surface area contributed by atoms with E-state index in [9.17, 15) is 8.78 Å². The second-order valence-electron chi connectivity index (χ2n) is 3.59. The fraction of sp³-hybridized carbons (Fsp3) is 1.00. The normalized spacial score (nSPS) is 20.3. The maximum Gasteiger partial charge on any atom is 0.261 e. The topological polar surface area (TPSA) is 21.3 Å². The molecule has 0 heterocycles. The summed E-state index contributed by atoms with van der Waals surface area (Å²) in [6.45, 7) is 0.424.